The second kappa shape index (κ2) is 17.5. The molecule has 0 radical (unpaired) electrons. The molecule has 0 bridgehead atoms. The summed E-state index contributed by atoms with van der Waals surface area (Å²) in [4.78, 5) is -2.65. The zero-order valence-corrected chi connectivity index (χ0v) is 35.0. The van der Waals surface area contributed by atoms with Crippen LogP contribution in [-0.4, -0.2) is 49.1 Å². The number of phenolic OH excluding ortho intramolecular Hbond substituents is 2. The number of nitrogen functional groups attached to an aromatic ring is 2. The van der Waals surface area contributed by atoms with Gasteiger partial charge in [0.1, 0.15) is 37.5 Å². The number of nitrogens with two attached hydrogens (primary N) is 2. The van der Waals surface area contributed by atoms with Crippen LogP contribution < -0.4 is 16.8 Å². The van der Waals surface area contributed by atoms with Crippen LogP contribution in [0, 0.1) is 0 Å². The molecule has 0 aliphatic heterocycles. The Bertz CT molecular complexity index is 3200. The van der Waals surface area contributed by atoms with Gasteiger partial charge in [-0.1, -0.05) is 31.4 Å². The molecule has 1 aliphatic carbocycles. The van der Waals surface area contributed by atoms with Crippen molar-refractivity contribution in [1.82, 2.24) is 0 Å². The average Bonchev–Trinajstić information content (AvgIpc) is 3.22. The predicted molar refractivity (Wildman–Crippen MR) is 233 cm³/mol. The third-order valence-electron chi connectivity index (χ3n) is 10.0. The Morgan fingerprint density at radius 2 is 1.10 bits per heavy atom. The summed E-state index contributed by atoms with van der Waals surface area (Å²) in [6, 6.07) is 22.2. The average molecular weight is 916 g/mol. The van der Waals surface area contributed by atoms with Gasteiger partial charge in [-0.05, 0) is 109 Å². The number of anilines is 4. The van der Waals surface area contributed by atoms with Crippen LogP contribution >= 0.6 is 0 Å². The Kier molecular flexibility index (Phi) is 12.2. The van der Waals surface area contributed by atoms with Crippen molar-refractivity contribution in [3.8, 4) is 11.5 Å². The van der Waals surface area contributed by atoms with Crippen molar-refractivity contribution in [2.45, 2.75) is 52.7 Å². The fraction of sp³-hybridized carbons (Fsp3) is 0.150. The van der Waals surface area contributed by atoms with Crippen LogP contribution in [0.3, 0.4) is 0 Å². The van der Waals surface area contributed by atoms with E-state index >= 15 is 0 Å². The third kappa shape index (κ3) is 10.1. The fourth-order valence-corrected chi connectivity index (χ4v) is 8.97. The molecule has 23 heteroatoms. The first-order valence-corrected chi connectivity index (χ1v) is 23.1. The maximum Gasteiger partial charge on any atom is 0.296 e. The highest BCUT2D eigenvalue weighted by molar-refractivity contribution is 7.86. The topological polar surface area (TPSA) is 342 Å². The molecule has 0 unspecified atom stereocenters. The summed E-state index contributed by atoms with van der Waals surface area (Å²) in [5.74, 6) is -0.602. The minimum atomic E-state index is -5.22. The molecule has 0 saturated heterocycles. The molecule has 0 spiro atoms. The molecule has 1 aliphatic rings. The lowest BCUT2D eigenvalue weighted by Gasteiger charge is -2.21. The lowest BCUT2D eigenvalue weighted by atomic mass is 9.84. The van der Waals surface area contributed by atoms with Gasteiger partial charge in [-0.25, -0.2) is 0 Å². The van der Waals surface area contributed by atoms with Crippen LogP contribution in [0.5, 0.6) is 11.5 Å². The fourth-order valence-electron chi connectivity index (χ4n) is 6.97. The number of hydrogen-bond donors (Lipinski definition) is 8. The summed E-state index contributed by atoms with van der Waals surface area (Å²) >= 11 is 0. The van der Waals surface area contributed by atoms with E-state index in [2.05, 4.69) is 36.0 Å². The molecule has 10 N–H and O–H groups in total. The van der Waals surface area contributed by atoms with Gasteiger partial charge in [-0.2, -0.15) is 40.6 Å². The number of phenols is 2. The number of nitrogens with zero attached hydrogens (tertiary/aromatic N) is 6. The highest BCUT2D eigenvalue weighted by Gasteiger charge is 2.28. The van der Waals surface area contributed by atoms with E-state index in [4.69, 9.17) is 11.5 Å². The predicted octanol–water partition coefficient (Wildman–Crippen LogP) is 10.2. The quantitative estimate of drug-likeness (QED) is 0.0322. The standard InChI is InChI=1S/C40H37N9O11S3/c41-30-21-29(50)15-17-31(30)47-44-27-12-10-25(11-13-27)43-32-16-14-28(20-33(32)61(52,53)54)46-48-38-34(62(55,56)57)18-24-19-35(63(58,59)60)39(40(51)36(24)37(38)42)49-45-26-8-6-23(7-9-26)22-4-2-1-3-5-22/h6-22,43,50-51H,1-5,41-42H2,(H,52,53,54)(H,55,56,57)(H,58,59,60). The maximum atomic E-state index is 12.6. The number of aromatic hydroxyl groups is 2. The molecule has 0 amide bonds. The second-order valence-corrected chi connectivity index (χ2v) is 18.5. The van der Waals surface area contributed by atoms with Crippen LogP contribution in [0.4, 0.5) is 56.9 Å². The van der Waals surface area contributed by atoms with E-state index in [1.165, 1.54) is 48.9 Å². The van der Waals surface area contributed by atoms with Gasteiger partial charge in [0, 0.05) is 11.8 Å². The van der Waals surface area contributed by atoms with E-state index in [0.717, 1.165) is 49.4 Å². The van der Waals surface area contributed by atoms with Gasteiger partial charge in [-0.15, -0.1) is 15.3 Å². The summed E-state index contributed by atoms with van der Waals surface area (Å²) in [5, 5.41) is 46.9. The lowest BCUT2D eigenvalue weighted by Crippen LogP contribution is -2.04. The number of azo groups is 3. The third-order valence-corrected chi connectivity index (χ3v) is 12.7. The van der Waals surface area contributed by atoms with Gasteiger partial charge < -0.3 is 27.0 Å². The van der Waals surface area contributed by atoms with Crippen LogP contribution in [0.15, 0.2) is 142 Å². The Labute approximate surface area is 360 Å². The monoisotopic (exact) mass is 915 g/mol. The van der Waals surface area contributed by atoms with E-state index in [-0.39, 0.29) is 33.9 Å². The summed E-state index contributed by atoms with van der Waals surface area (Å²) in [6.07, 6.45) is 5.53. The lowest BCUT2D eigenvalue weighted by molar-refractivity contribution is 0.443. The maximum absolute atomic E-state index is 12.6. The Morgan fingerprint density at radius 3 is 1.70 bits per heavy atom. The molecular weight excluding hydrogens is 879 g/mol. The van der Waals surface area contributed by atoms with E-state index < -0.39 is 73.2 Å². The zero-order valence-electron chi connectivity index (χ0n) is 32.6. The Morgan fingerprint density at radius 1 is 0.556 bits per heavy atom. The number of hydrogen-bond acceptors (Lipinski definition) is 17. The normalized spacial score (nSPS) is 14.3. The second-order valence-electron chi connectivity index (χ2n) is 14.4. The van der Waals surface area contributed by atoms with Gasteiger partial charge >= 0.3 is 0 Å². The number of rotatable bonds is 12. The molecule has 63 heavy (non-hydrogen) atoms. The zero-order chi connectivity index (χ0) is 45.3. The van der Waals surface area contributed by atoms with Crippen molar-refractivity contribution in [1.29, 1.82) is 0 Å². The van der Waals surface area contributed by atoms with Crippen molar-refractivity contribution in [2.24, 2.45) is 30.7 Å². The highest BCUT2D eigenvalue weighted by atomic mass is 32.2. The number of fused-ring (bicyclic) bond motifs is 1. The van der Waals surface area contributed by atoms with Crippen molar-refractivity contribution in [3.63, 3.8) is 0 Å². The van der Waals surface area contributed by atoms with Crippen molar-refractivity contribution < 1.29 is 49.1 Å². The number of nitrogens with one attached hydrogen (secondary N) is 1. The first-order chi connectivity index (χ1) is 29.8. The molecule has 20 nitrogen and oxygen atoms in total. The van der Waals surface area contributed by atoms with Gasteiger partial charge in [-0.3, -0.25) is 13.7 Å². The molecule has 7 rings (SSSR count). The summed E-state index contributed by atoms with van der Waals surface area (Å²) in [6.45, 7) is 0. The molecule has 326 valence electrons. The summed E-state index contributed by atoms with van der Waals surface area (Å²) in [7, 11) is -15.3. The van der Waals surface area contributed by atoms with Gasteiger partial charge in [0.2, 0.25) is 0 Å². The Hall–Kier alpha value is -6.89. The molecule has 6 aromatic carbocycles. The molecular formula is C40H37N9O11S3. The molecule has 0 heterocycles. The van der Waals surface area contributed by atoms with E-state index in [0.29, 0.717) is 23.0 Å². The molecule has 0 aromatic heterocycles. The first kappa shape index (κ1) is 44.2. The van der Waals surface area contributed by atoms with Crippen molar-refractivity contribution >= 4 is 98.0 Å². The van der Waals surface area contributed by atoms with Crippen LogP contribution in [-0.2, 0) is 30.4 Å². The molecule has 1 fully saturated rings. The SMILES string of the molecule is Nc1cc(O)ccc1N=Nc1ccc(Nc2ccc(N=Nc3c(S(=O)(=O)O)cc4cc(S(=O)(=O)O)c(N=Nc5ccc(C6CCCCC6)cc5)c(O)c4c3N)cc2S(=O)(=O)O)cc1. The molecule has 0 atom stereocenters. The van der Waals surface area contributed by atoms with Crippen molar-refractivity contribution in [3.05, 3.63) is 103 Å². The highest BCUT2D eigenvalue weighted by Crippen LogP contribution is 2.48. The van der Waals surface area contributed by atoms with Crippen molar-refractivity contribution in [2.75, 3.05) is 16.8 Å². The smallest absolute Gasteiger partial charge is 0.296 e. The summed E-state index contributed by atoms with van der Waals surface area (Å²) in [5.41, 5.74) is 12.3. The Balaban J connectivity index is 1.22. The van der Waals surface area contributed by atoms with Gasteiger partial charge in [0.05, 0.1) is 39.5 Å². The van der Waals surface area contributed by atoms with Crippen LogP contribution in [0.2, 0.25) is 0 Å². The molecule has 6 aromatic rings. The van der Waals surface area contributed by atoms with Gasteiger partial charge in [0.25, 0.3) is 30.4 Å². The van der Waals surface area contributed by atoms with E-state index in [1.807, 2.05) is 12.1 Å². The minimum absolute atomic E-state index is 0.0367. The van der Waals surface area contributed by atoms with E-state index in [1.54, 1.807) is 24.3 Å². The first-order valence-electron chi connectivity index (χ1n) is 18.8. The number of benzene rings is 6. The van der Waals surface area contributed by atoms with Crippen LogP contribution in [0.25, 0.3) is 10.8 Å². The molecule has 1 saturated carbocycles. The summed E-state index contributed by atoms with van der Waals surface area (Å²) < 4.78 is 106. The minimum Gasteiger partial charge on any atom is -0.508 e. The van der Waals surface area contributed by atoms with E-state index in [9.17, 15) is 49.1 Å². The largest absolute Gasteiger partial charge is 0.508 e. The van der Waals surface area contributed by atoms with Gasteiger partial charge in [0.15, 0.2) is 5.75 Å². The van der Waals surface area contributed by atoms with Crippen LogP contribution in [0.1, 0.15) is 43.6 Å².